The molecule has 0 saturated heterocycles. The Bertz CT molecular complexity index is 839. The molecule has 0 saturated carbocycles. The Balaban J connectivity index is 1.88. The highest BCUT2D eigenvalue weighted by Crippen LogP contribution is 2.36. The van der Waals surface area contributed by atoms with E-state index in [0.717, 1.165) is 11.9 Å². The van der Waals surface area contributed by atoms with Gasteiger partial charge in [0, 0.05) is 17.7 Å². The first-order chi connectivity index (χ1) is 11.9. The van der Waals surface area contributed by atoms with Gasteiger partial charge in [-0.1, -0.05) is 17.8 Å². The zero-order valence-corrected chi connectivity index (χ0v) is 14.4. The van der Waals surface area contributed by atoms with Crippen LogP contribution in [-0.2, 0) is 12.0 Å². The predicted octanol–water partition coefficient (Wildman–Crippen LogP) is 3.45. The fourth-order valence-electron chi connectivity index (χ4n) is 2.79. The standard InChI is InChI=1S/C18H17F2N3OS/c1-18(6-7-25-17(21)23-18)13-8-11(2-4-14(13)20)9-16(24)15-5-3-12(19)10-22-15/h2-5,8,10H,6-7,9H2,1H3,(H2,21,23)/t18-/m0/s1. The van der Waals surface area contributed by atoms with Crippen LogP contribution in [0.4, 0.5) is 8.78 Å². The van der Waals surface area contributed by atoms with Gasteiger partial charge in [-0.25, -0.2) is 8.78 Å². The molecule has 130 valence electrons. The summed E-state index contributed by atoms with van der Waals surface area (Å²) in [6.45, 7) is 1.84. The Kier molecular flexibility index (Phi) is 4.85. The summed E-state index contributed by atoms with van der Waals surface area (Å²) in [6, 6.07) is 7.09. The molecule has 2 heterocycles. The van der Waals surface area contributed by atoms with Crippen molar-refractivity contribution < 1.29 is 13.6 Å². The monoisotopic (exact) mass is 361 g/mol. The summed E-state index contributed by atoms with van der Waals surface area (Å²) in [4.78, 5) is 20.5. The number of hydrogen-bond acceptors (Lipinski definition) is 5. The molecule has 1 atom stereocenters. The summed E-state index contributed by atoms with van der Waals surface area (Å²) in [7, 11) is 0. The zero-order valence-electron chi connectivity index (χ0n) is 13.6. The molecule has 1 aliphatic heterocycles. The highest BCUT2D eigenvalue weighted by molar-refractivity contribution is 8.13. The van der Waals surface area contributed by atoms with E-state index in [2.05, 4.69) is 9.98 Å². The molecule has 0 fully saturated rings. The Morgan fingerprint density at radius 1 is 1.32 bits per heavy atom. The fourth-order valence-corrected chi connectivity index (χ4v) is 3.77. The van der Waals surface area contributed by atoms with E-state index < -0.39 is 11.4 Å². The van der Waals surface area contributed by atoms with E-state index in [1.54, 1.807) is 12.1 Å². The number of Topliss-reactive ketones (excluding diaryl/α,β-unsaturated/α-hetero) is 1. The minimum absolute atomic E-state index is 0.0515. The van der Waals surface area contributed by atoms with Crippen molar-refractivity contribution >= 4 is 22.7 Å². The minimum atomic E-state index is -0.743. The van der Waals surface area contributed by atoms with Crippen molar-refractivity contribution in [2.45, 2.75) is 25.3 Å². The van der Waals surface area contributed by atoms with Crippen LogP contribution in [0.2, 0.25) is 0 Å². The van der Waals surface area contributed by atoms with Crippen LogP contribution in [0.3, 0.4) is 0 Å². The van der Waals surface area contributed by atoms with Crippen molar-refractivity contribution in [3.63, 3.8) is 0 Å². The van der Waals surface area contributed by atoms with Crippen molar-refractivity contribution in [3.05, 3.63) is 65.0 Å². The molecule has 1 aromatic carbocycles. The number of benzene rings is 1. The number of rotatable bonds is 4. The summed E-state index contributed by atoms with van der Waals surface area (Å²) in [5, 5.41) is 0.435. The molecule has 0 bridgehead atoms. The van der Waals surface area contributed by atoms with Crippen LogP contribution in [0.25, 0.3) is 0 Å². The molecule has 0 amide bonds. The fraction of sp³-hybridized carbons (Fsp3) is 0.278. The molecule has 1 aromatic heterocycles. The zero-order chi connectivity index (χ0) is 18.0. The van der Waals surface area contributed by atoms with E-state index in [1.165, 1.54) is 30.0 Å². The number of halogens is 2. The van der Waals surface area contributed by atoms with E-state index in [0.29, 0.717) is 22.7 Å². The maximum Gasteiger partial charge on any atom is 0.185 e. The third-order valence-corrected chi connectivity index (χ3v) is 4.98. The number of thioether (sulfide) groups is 1. The molecule has 25 heavy (non-hydrogen) atoms. The van der Waals surface area contributed by atoms with Gasteiger partial charge in [0.15, 0.2) is 11.0 Å². The molecule has 4 nitrogen and oxygen atoms in total. The number of pyridine rings is 1. The van der Waals surface area contributed by atoms with Crippen LogP contribution in [0, 0.1) is 11.6 Å². The Morgan fingerprint density at radius 2 is 2.12 bits per heavy atom. The average Bonchev–Trinajstić information content (AvgIpc) is 2.57. The van der Waals surface area contributed by atoms with Crippen LogP contribution < -0.4 is 5.73 Å². The Morgan fingerprint density at radius 3 is 2.80 bits per heavy atom. The van der Waals surface area contributed by atoms with E-state index in [9.17, 15) is 13.6 Å². The first-order valence-corrected chi connectivity index (χ1v) is 8.78. The molecule has 0 spiro atoms. The van der Waals surface area contributed by atoms with Crippen molar-refractivity contribution in [3.8, 4) is 0 Å². The van der Waals surface area contributed by atoms with E-state index in [4.69, 9.17) is 5.73 Å². The second-order valence-electron chi connectivity index (χ2n) is 6.10. The smallest absolute Gasteiger partial charge is 0.185 e. The first-order valence-electron chi connectivity index (χ1n) is 7.79. The SMILES string of the molecule is C[C@@]1(c2cc(CC(=O)c3ccc(F)cn3)ccc2F)CCSC(N)=N1. The first kappa shape index (κ1) is 17.5. The lowest BCUT2D eigenvalue weighted by atomic mass is 9.87. The van der Waals surface area contributed by atoms with Crippen LogP contribution in [0.15, 0.2) is 41.5 Å². The second kappa shape index (κ2) is 6.92. The quantitative estimate of drug-likeness (QED) is 0.847. The molecule has 0 unspecified atom stereocenters. The lowest BCUT2D eigenvalue weighted by Gasteiger charge is -2.30. The molecule has 3 rings (SSSR count). The minimum Gasteiger partial charge on any atom is -0.379 e. The lowest BCUT2D eigenvalue weighted by Crippen LogP contribution is -2.29. The Hall–Kier alpha value is -2.28. The van der Waals surface area contributed by atoms with Crippen LogP contribution in [0.1, 0.15) is 35.0 Å². The number of aromatic nitrogens is 1. The van der Waals surface area contributed by atoms with Gasteiger partial charge in [0.05, 0.1) is 11.7 Å². The summed E-state index contributed by atoms with van der Waals surface area (Å²) >= 11 is 1.45. The third kappa shape index (κ3) is 3.87. The van der Waals surface area contributed by atoms with Gasteiger partial charge < -0.3 is 5.73 Å². The van der Waals surface area contributed by atoms with Gasteiger partial charge in [0.25, 0.3) is 0 Å². The van der Waals surface area contributed by atoms with Gasteiger partial charge in [-0.2, -0.15) is 0 Å². The van der Waals surface area contributed by atoms with E-state index in [-0.39, 0.29) is 23.7 Å². The molecule has 2 aromatic rings. The third-order valence-electron chi connectivity index (χ3n) is 4.18. The van der Waals surface area contributed by atoms with Gasteiger partial charge in [-0.05, 0) is 43.2 Å². The lowest BCUT2D eigenvalue weighted by molar-refractivity contribution is 0.0988. The van der Waals surface area contributed by atoms with Gasteiger partial charge >= 0.3 is 0 Å². The predicted molar refractivity (Wildman–Crippen MR) is 94.7 cm³/mol. The molecule has 7 heteroatoms. The largest absolute Gasteiger partial charge is 0.379 e. The van der Waals surface area contributed by atoms with Crippen molar-refractivity contribution in [1.82, 2.24) is 4.98 Å². The second-order valence-corrected chi connectivity index (χ2v) is 7.21. The Labute approximate surface area is 148 Å². The summed E-state index contributed by atoms with van der Waals surface area (Å²) in [6.07, 6.45) is 1.71. The molecular formula is C18H17F2N3OS. The number of amidine groups is 1. The molecule has 0 aliphatic carbocycles. The maximum atomic E-state index is 14.4. The van der Waals surface area contributed by atoms with Gasteiger partial charge in [-0.15, -0.1) is 0 Å². The summed E-state index contributed by atoms with van der Waals surface area (Å²) in [5.74, 6) is -0.375. The van der Waals surface area contributed by atoms with Crippen molar-refractivity contribution in [2.24, 2.45) is 10.7 Å². The number of hydrogen-bond donors (Lipinski definition) is 1. The number of nitrogens with two attached hydrogens (primary N) is 1. The summed E-state index contributed by atoms with van der Waals surface area (Å²) in [5.41, 5.74) is 6.31. The van der Waals surface area contributed by atoms with Crippen LogP contribution >= 0.6 is 11.8 Å². The number of carbonyl (C=O) groups is 1. The number of carbonyl (C=O) groups excluding carboxylic acids is 1. The molecule has 0 radical (unpaired) electrons. The number of aliphatic imine (C=N–C) groups is 1. The van der Waals surface area contributed by atoms with Crippen LogP contribution in [-0.4, -0.2) is 21.7 Å². The summed E-state index contributed by atoms with van der Waals surface area (Å²) < 4.78 is 27.3. The molecule has 2 N–H and O–H groups in total. The van der Waals surface area contributed by atoms with Gasteiger partial charge in [0.1, 0.15) is 17.3 Å². The number of ketones is 1. The van der Waals surface area contributed by atoms with Crippen molar-refractivity contribution in [1.29, 1.82) is 0 Å². The number of nitrogens with zero attached hydrogens (tertiary/aromatic N) is 2. The van der Waals surface area contributed by atoms with Crippen LogP contribution in [0.5, 0.6) is 0 Å². The molecule has 1 aliphatic rings. The highest BCUT2D eigenvalue weighted by Gasteiger charge is 2.32. The average molecular weight is 361 g/mol. The van der Waals surface area contributed by atoms with E-state index >= 15 is 0 Å². The highest BCUT2D eigenvalue weighted by atomic mass is 32.2. The normalized spacial score (nSPS) is 20.2. The van der Waals surface area contributed by atoms with Crippen molar-refractivity contribution in [2.75, 3.05) is 5.75 Å². The van der Waals surface area contributed by atoms with Gasteiger partial charge in [0.2, 0.25) is 0 Å². The topological polar surface area (TPSA) is 68.3 Å². The molecular weight excluding hydrogens is 344 g/mol. The van der Waals surface area contributed by atoms with Gasteiger partial charge in [-0.3, -0.25) is 14.8 Å². The maximum absolute atomic E-state index is 14.4. The van der Waals surface area contributed by atoms with E-state index in [1.807, 2.05) is 6.92 Å².